The highest BCUT2D eigenvalue weighted by atomic mass is 35.5. The van der Waals surface area contributed by atoms with Gasteiger partial charge in [0.05, 0.1) is 17.2 Å². The van der Waals surface area contributed by atoms with Crippen LogP contribution in [-0.4, -0.2) is 18.5 Å². The Kier molecular flexibility index (Phi) is 6.88. The van der Waals surface area contributed by atoms with Crippen molar-refractivity contribution in [3.63, 3.8) is 0 Å². The normalized spacial score (nSPS) is 10.7. The van der Waals surface area contributed by atoms with Gasteiger partial charge >= 0.3 is 5.97 Å². The molecule has 0 atom stereocenters. The molecule has 0 aliphatic rings. The highest BCUT2D eigenvalue weighted by molar-refractivity contribution is 6.35. The second kappa shape index (κ2) is 8.90. The van der Waals surface area contributed by atoms with E-state index in [-0.39, 0.29) is 23.1 Å². The molecule has 7 heteroatoms. The molecule has 0 saturated heterocycles. The van der Waals surface area contributed by atoms with Gasteiger partial charge in [0, 0.05) is 21.8 Å². The summed E-state index contributed by atoms with van der Waals surface area (Å²) >= 11 is 17.9. The average Bonchev–Trinajstić information content (AvgIpc) is 2.54. The second-order valence-electron chi connectivity index (χ2n) is 4.90. The van der Waals surface area contributed by atoms with Gasteiger partial charge < -0.3 is 10.1 Å². The highest BCUT2D eigenvalue weighted by Gasteiger charge is 2.12. The minimum absolute atomic E-state index is 0.195. The summed E-state index contributed by atoms with van der Waals surface area (Å²) in [6, 6.07) is 9.52. The number of ether oxygens (including phenoxy) is 1. The standard InChI is InChI=1S/C18H14Cl3NO3/c1-2-25-18(24)14-7-6-13(10-16(14)21)22-17(23)8-4-11-3-5-12(19)9-15(11)20/h3-10H,2H2,1H3,(H,22,23)/b8-4+. The van der Waals surface area contributed by atoms with Crippen molar-refractivity contribution < 1.29 is 14.3 Å². The van der Waals surface area contributed by atoms with Gasteiger partial charge in [-0.05, 0) is 48.9 Å². The fourth-order valence-corrected chi connectivity index (χ4v) is 2.68. The van der Waals surface area contributed by atoms with Gasteiger partial charge in [-0.3, -0.25) is 4.79 Å². The van der Waals surface area contributed by atoms with E-state index in [1.165, 1.54) is 18.2 Å². The van der Waals surface area contributed by atoms with E-state index in [1.54, 1.807) is 37.3 Å². The Hall–Kier alpha value is -2.01. The molecule has 0 saturated carbocycles. The molecule has 0 radical (unpaired) electrons. The Morgan fingerprint density at radius 3 is 2.48 bits per heavy atom. The third-order valence-electron chi connectivity index (χ3n) is 3.11. The van der Waals surface area contributed by atoms with Crippen LogP contribution < -0.4 is 5.32 Å². The first-order valence-electron chi connectivity index (χ1n) is 7.31. The minimum atomic E-state index is -0.511. The maximum Gasteiger partial charge on any atom is 0.339 e. The number of carbonyl (C=O) groups excluding carboxylic acids is 2. The molecule has 0 unspecified atom stereocenters. The van der Waals surface area contributed by atoms with Crippen LogP contribution in [0.25, 0.3) is 6.08 Å². The van der Waals surface area contributed by atoms with Crippen LogP contribution >= 0.6 is 34.8 Å². The topological polar surface area (TPSA) is 55.4 Å². The monoisotopic (exact) mass is 397 g/mol. The molecule has 2 aromatic carbocycles. The van der Waals surface area contributed by atoms with Crippen LogP contribution in [0.4, 0.5) is 5.69 Å². The van der Waals surface area contributed by atoms with Gasteiger partial charge in [0.2, 0.25) is 5.91 Å². The summed E-state index contributed by atoms with van der Waals surface area (Å²) < 4.78 is 4.89. The lowest BCUT2D eigenvalue weighted by molar-refractivity contribution is -0.111. The summed E-state index contributed by atoms with van der Waals surface area (Å²) in [6.07, 6.45) is 2.91. The van der Waals surface area contributed by atoms with Crippen LogP contribution in [-0.2, 0) is 9.53 Å². The zero-order valence-electron chi connectivity index (χ0n) is 13.2. The first-order chi connectivity index (χ1) is 11.9. The Bertz CT molecular complexity index is 834. The van der Waals surface area contributed by atoms with Crippen molar-refractivity contribution in [3.8, 4) is 0 Å². The van der Waals surface area contributed by atoms with Crippen LogP contribution in [0.15, 0.2) is 42.5 Å². The molecule has 0 aromatic heterocycles. The number of hydrogen-bond donors (Lipinski definition) is 1. The predicted molar refractivity (Wildman–Crippen MR) is 102 cm³/mol. The fraction of sp³-hybridized carbons (Fsp3) is 0.111. The Morgan fingerprint density at radius 2 is 1.84 bits per heavy atom. The molecule has 1 amide bonds. The van der Waals surface area contributed by atoms with Gasteiger partial charge in [0.25, 0.3) is 0 Å². The molecular weight excluding hydrogens is 385 g/mol. The first-order valence-corrected chi connectivity index (χ1v) is 8.45. The highest BCUT2D eigenvalue weighted by Crippen LogP contribution is 2.23. The van der Waals surface area contributed by atoms with Crippen LogP contribution in [0.2, 0.25) is 15.1 Å². The van der Waals surface area contributed by atoms with E-state index in [9.17, 15) is 9.59 Å². The van der Waals surface area contributed by atoms with Gasteiger partial charge in [-0.1, -0.05) is 40.9 Å². The van der Waals surface area contributed by atoms with Gasteiger partial charge in [-0.2, -0.15) is 0 Å². The molecule has 2 aromatic rings. The number of nitrogens with one attached hydrogen (secondary N) is 1. The van der Waals surface area contributed by atoms with E-state index in [0.717, 1.165) is 0 Å². The van der Waals surface area contributed by atoms with Crippen molar-refractivity contribution in [2.75, 3.05) is 11.9 Å². The van der Waals surface area contributed by atoms with Gasteiger partial charge in [0.1, 0.15) is 0 Å². The first kappa shape index (κ1) is 19.3. The molecule has 0 bridgehead atoms. The number of amides is 1. The van der Waals surface area contributed by atoms with Gasteiger partial charge in [-0.15, -0.1) is 0 Å². The SMILES string of the molecule is CCOC(=O)c1ccc(NC(=O)/C=C/c2ccc(Cl)cc2Cl)cc1Cl. The molecule has 130 valence electrons. The quantitative estimate of drug-likeness (QED) is 0.536. The third kappa shape index (κ3) is 5.49. The number of benzene rings is 2. The fourth-order valence-electron chi connectivity index (χ4n) is 1.95. The van der Waals surface area contributed by atoms with Crippen molar-refractivity contribution in [1.82, 2.24) is 0 Å². The number of anilines is 1. The molecule has 4 nitrogen and oxygen atoms in total. The third-order valence-corrected chi connectivity index (χ3v) is 3.98. The molecule has 2 rings (SSSR count). The number of hydrogen-bond acceptors (Lipinski definition) is 3. The van der Waals surface area contributed by atoms with Crippen LogP contribution in [0.5, 0.6) is 0 Å². The zero-order valence-corrected chi connectivity index (χ0v) is 15.5. The molecule has 25 heavy (non-hydrogen) atoms. The van der Waals surface area contributed by atoms with E-state index in [0.29, 0.717) is 21.3 Å². The summed E-state index contributed by atoms with van der Waals surface area (Å²) in [7, 11) is 0. The molecule has 0 aliphatic carbocycles. The number of halogens is 3. The average molecular weight is 399 g/mol. The molecule has 1 N–H and O–H groups in total. The van der Waals surface area contributed by atoms with E-state index < -0.39 is 5.97 Å². The summed E-state index contributed by atoms with van der Waals surface area (Å²) in [5.41, 5.74) is 1.36. The minimum Gasteiger partial charge on any atom is -0.462 e. The second-order valence-corrected chi connectivity index (χ2v) is 6.15. The lowest BCUT2D eigenvalue weighted by Gasteiger charge is -2.07. The predicted octanol–water partition coefficient (Wildman–Crippen LogP) is 5.48. The van der Waals surface area contributed by atoms with E-state index in [4.69, 9.17) is 39.5 Å². The molecule has 0 aliphatic heterocycles. The molecule has 0 fully saturated rings. The largest absolute Gasteiger partial charge is 0.462 e. The summed E-state index contributed by atoms with van der Waals surface area (Å²) in [5, 5.41) is 3.81. The van der Waals surface area contributed by atoms with Crippen molar-refractivity contribution in [2.45, 2.75) is 6.92 Å². The van der Waals surface area contributed by atoms with Crippen molar-refractivity contribution in [1.29, 1.82) is 0 Å². The summed E-state index contributed by atoms with van der Waals surface area (Å²) in [6.45, 7) is 1.96. The van der Waals surface area contributed by atoms with E-state index in [1.807, 2.05) is 0 Å². The van der Waals surface area contributed by atoms with Crippen LogP contribution in [0, 0.1) is 0 Å². The van der Waals surface area contributed by atoms with Crippen molar-refractivity contribution in [2.24, 2.45) is 0 Å². The van der Waals surface area contributed by atoms with Crippen LogP contribution in [0.3, 0.4) is 0 Å². The molecular formula is C18H14Cl3NO3. The Morgan fingerprint density at radius 1 is 1.08 bits per heavy atom. The van der Waals surface area contributed by atoms with E-state index in [2.05, 4.69) is 5.32 Å². The Labute approximate surface area is 160 Å². The number of esters is 1. The zero-order chi connectivity index (χ0) is 18.4. The summed E-state index contributed by atoms with van der Waals surface area (Å²) in [4.78, 5) is 23.7. The lowest BCUT2D eigenvalue weighted by atomic mass is 10.2. The maximum atomic E-state index is 12.0. The molecule has 0 heterocycles. The van der Waals surface area contributed by atoms with Crippen molar-refractivity contribution in [3.05, 3.63) is 68.7 Å². The number of rotatable bonds is 5. The van der Waals surface area contributed by atoms with Gasteiger partial charge in [-0.25, -0.2) is 4.79 Å². The smallest absolute Gasteiger partial charge is 0.339 e. The molecule has 0 spiro atoms. The van der Waals surface area contributed by atoms with Gasteiger partial charge in [0.15, 0.2) is 0 Å². The van der Waals surface area contributed by atoms with Crippen molar-refractivity contribution >= 4 is 58.4 Å². The Balaban J connectivity index is 2.06. The van der Waals surface area contributed by atoms with Crippen LogP contribution in [0.1, 0.15) is 22.8 Å². The summed E-state index contributed by atoms with van der Waals surface area (Å²) in [5.74, 6) is -0.881. The maximum absolute atomic E-state index is 12.0. The number of carbonyl (C=O) groups is 2. The van der Waals surface area contributed by atoms with E-state index >= 15 is 0 Å². The lowest BCUT2D eigenvalue weighted by Crippen LogP contribution is -2.09.